The highest BCUT2D eigenvalue weighted by Crippen LogP contribution is 2.19. The standard InChI is InChI=1S/C13H17ClFNO2/c1-9-8-18-11(7-17)6-16(9)5-10-2-3-12(14)13(15)4-10/h2-4,9,11,17H,5-8H2,1H3. The van der Waals surface area contributed by atoms with Crippen LogP contribution in [0.15, 0.2) is 18.2 Å². The van der Waals surface area contributed by atoms with Crippen molar-refractivity contribution >= 4 is 11.6 Å². The van der Waals surface area contributed by atoms with Gasteiger partial charge in [-0.25, -0.2) is 4.39 Å². The lowest BCUT2D eigenvalue weighted by molar-refractivity contribution is -0.0805. The summed E-state index contributed by atoms with van der Waals surface area (Å²) in [6, 6.07) is 5.10. The monoisotopic (exact) mass is 273 g/mol. The Hall–Kier alpha value is -0.680. The number of morpholine rings is 1. The molecule has 0 amide bonds. The van der Waals surface area contributed by atoms with Crippen LogP contribution in [-0.2, 0) is 11.3 Å². The van der Waals surface area contributed by atoms with Crippen molar-refractivity contribution in [3.63, 3.8) is 0 Å². The van der Waals surface area contributed by atoms with Gasteiger partial charge < -0.3 is 9.84 Å². The van der Waals surface area contributed by atoms with E-state index in [1.165, 1.54) is 6.07 Å². The molecule has 100 valence electrons. The van der Waals surface area contributed by atoms with Gasteiger partial charge in [0.15, 0.2) is 0 Å². The molecule has 1 fully saturated rings. The van der Waals surface area contributed by atoms with Gasteiger partial charge >= 0.3 is 0 Å². The Morgan fingerprint density at radius 1 is 1.56 bits per heavy atom. The van der Waals surface area contributed by atoms with Gasteiger partial charge in [0.05, 0.1) is 24.3 Å². The highest BCUT2D eigenvalue weighted by atomic mass is 35.5. The second-order valence-electron chi connectivity index (χ2n) is 4.66. The largest absolute Gasteiger partial charge is 0.394 e. The number of aliphatic hydroxyl groups is 1. The van der Waals surface area contributed by atoms with Crippen molar-refractivity contribution in [1.82, 2.24) is 4.90 Å². The van der Waals surface area contributed by atoms with E-state index in [1.807, 2.05) is 6.07 Å². The highest BCUT2D eigenvalue weighted by molar-refractivity contribution is 6.30. The molecular weight excluding hydrogens is 257 g/mol. The number of rotatable bonds is 3. The lowest BCUT2D eigenvalue weighted by Crippen LogP contribution is -2.48. The van der Waals surface area contributed by atoms with Gasteiger partial charge in [0.25, 0.3) is 0 Å². The quantitative estimate of drug-likeness (QED) is 0.915. The van der Waals surface area contributed by atoms with Crippen LogP contribution < -0.4 is 0 Å². The third-order valence-electron chi connectivity index (χ3n) is 3.21. The first-order chi connectivity index (χ1) is 8.60. The van der Waals surface area contributed by atoms with Gasteiger partial charge in [0, 0.05) is 19.1 Å². The second kappa shape index (κ2) is 5.97. The predicted octanol–water partition coefficient (Wildman–Crippen LogP) is 2.06. The summed E-state index contributed by atoms with van der Waals surface area (Å²) >= 11 is 5.66. The van der Waals surface area contributed by atoms with Crippen molar-refractivity contribution in [2.75, 3.05) is 19.8 Å². The topological polar surface area (TPSA) is 32.7 Å². The third-order valence-corrected chi connectivity index (χ3v) is 3.51. The molecule has 0 aliphatic carbocycles. The van der Waals surface area contributed by atoms with Crippen LogP contribution in [0.3, 0.4) is 0 Å². The molecule has 0 bridgehead atoms. The van der Waals surface area contributed by atoms with Crippen molar-refractivity contribution < 1.29 is 14.2 Å². The smallest absolute Gasteiger partial charge is 0.142 e. The summed E-state index contributed by atoms with van der Waals surface area (Å²) in [6.07, 6.45) is -0.154. The van der Waals surface area contributed by atoms with Gasteiger partial charge in [-0.1, -0.05) is 17.7 Å². The minimum Gasteiger partial charge on any atom is -0.394 e. The van der Waals surface area contributed by atoms with Crippen molar-refractivity contribution in [3.8, 4) is 0 Å². The minimum absolute atomic E-state index is 0.0121. The summed E-state index contributed by atoms with van der Waals surface area (Å²) in [7, 11) is 0. The van der Waals surface area contributed by atoms with E-state index in [4.69, 9.17) is 21.4 Å². The second-order valence-corrected chi connectivity index (χ2v) is 5.07. The first-order valence-electron chi connectivity index (χ1n) is 6.00. The number of nitrogens with zero attached hydrogens (tertiary/aromatic N) is 1. The van der Waals surface area contributed by atoms with Crippen LogP contribution in [0.25, 0.3) is 0 Å². The molecule has 1 aromatic rings. The average Bonchev–Trinajstić information content (AvgIpc) is 2.36. The minimum atomic E-state index is -0.395. The molecule has 3 nitrogen and oxygen atoms in total. The summed E-state index contributed by atoms with van der Waals surface area (Å²) < 4.78 is 18.8. The van der Waals surface area contributed by atoms with E-state index in [9.17, 15) is 4.39 Å². The molecule has 5 heteroatoms. The van der Waals surface area contributed by atoms with E-state index in [1.54, 1.807) is 6.07 Å². The summed E-state index contributed by atoms with van der Waals surface area (Å²) in [5.74, 6) is -0.395. The van der Waals surface area contributed by atoms with Crippen molar-refractivity contribution in [2.24, 2.45) is 0 Å². The molecule has 0 spiro atoms. The maximum absolute atomic E-state index is 13.4. The fraction of sp³-hybridized carbons (Fsp3) is 0.538. The first-order valence-corrected chi connectivity index (χ1v) is 6.38. The maximum atomic E-state index is 13.4. The Labute approximate surface area is 111 Å². The van der Waals surface area contributed by atoms with E-state index in [2.05, 4.69) is 11.8 Å². The Bertz CT molecular complexity index is 416. The molecule has 1 aliphatic rings. The molecule has 1 heterocycles. The Morgan fingerprint density at radius 2 is 2.33 bits per heavy atom. The molecule has 1 saturated heterocycles. The zero-order valence-electron chi connectivity index (χ0n) is 10.3. The SMILES string of the molecule is CC1COC(CO)CN1Cc1ccc(Cl)c(F)c1. The fourth-order valence-electron chi connectivity index (χ4n) is 2.08. The summed E-state index contributed by atoms with van der Waals surface area (Å²) in [5, 5.41) is 9.25. The number of ether oxygens (including phenoxy) is 1. The molecule has 1 N–H and O–H groups in total. The van der Waals surface area contributed by atoms with Gasteiger partial charge in [-0.05, 0) is 24.6 Å². The molecule has 0 saturated carbocycles. The Balaban J connectivity index is 2.04. The van der Waals surface area contributed by atoms with E-state index in [0.29, 0.717) is 19.7 Å². The molecule has 18 heavy (non-hydrogen) atoms. The molecule has 1 aromatic carbocycles. The average molecular weight is 274 g/mol. The molecular formula is C13H17ClFNO2. The van der Waals surface area contributed by atoms with Crippen molar-refractivity contribution in [3.05, 3.63) is 34.6 Å². The maximum Gasteiger partial charge on any atom is 0.142 e. The molecule has 0 radical (unpaired) electrons. The third kappa shape index (κ3) is 3.20. The van der Waals surface area contributed by atoms with Crippen LogP contribution in [0.2, 0.25) is 5.02 Å². The molecule has 2 atom stereocenters. The van der Waals surface area contributed by atoms with Gasteiger partial charge in [-0.15, -0.1) is 0 Å². The van der Waals surface area contributed by atoms with Gasteiger partial charge in [0.2, 0.25) is 0 Å². The van der Waals surface area contributed by atoms with Crippen LogP contribution in [0.1, 0.15) is 12.5 Å². The van der Waals surface area contributed by atoms with Gasteiger partial charge in [-0.2, -0.15) is 0 Å². The van der Waals surface area contributed by atoms with E-state index in [-0.39, 0.29) is 23.8 Å². The lowest BCUT2D eigenvalue weighted by atomic mass is 10.1. The normalized spacial score (nSPS) is 25.3. The molecule has 2 rings (SSSR count). The Morgan fingerprint density at radius 3 is 3.00 bits per heavy atom. The van der Waals surface area contributed by atoms with Crippen LogP contribution in [-0.4, -0.2) is 41.9 Å². The van der Waals surface area contributed by atoms with Gasteiger partial charge in [0.1, 0.15) is 5.82 Å². The number of aliphatic hydroxyl groups excluding tert-OH is 1. The highest BCUT2D eigenvalue weighted by Gasteiger charge is 2.25. The van der Waals surface area contributed by atoms with E-state index >= 15 is 0 Å². The fourth-order valence-corrected chi connectivity index (χ4v) is 2.20. The molecule has 1 aliphatic heterocycles. The number of halogens is 2. The molecule has 2 unspecified atom stereocenters. The van der Waals surface area contributed by atoms with Crippen LogP contribution in [0.4, 0.5) is 4.39 Å². The van der Waals surface area contributed by atoms with Crippen LogP contribution in [0, 0.1) is 5.82 Å². The number of hydrogen-bond acceptors (Lipinski definition) is 3. The first kappa shape index (κ1) is 13.7. The molecule has 0 aromatic heterocycles. The lowest BCUT2D eigenvalue weighted by Gasteiger charge is -2.37. The predicted molar refractivity (Wildman–Crippen MR) is 68.1 cm³/mol. The summed E-state index contributed by atoms with van der Waals surface area (Å²) in [6.45, 7) is 3.94. The van der Waals surface area contributed by atoms with Crippen LogP contribution >= 0.6 is 11.6 Å². The van der Waals surface area contributed by atoms with Crippen molar-refractivity contribution in [1.29, 1.82) is 0 Å². The number of hydrogen-bond donors (Lipinski definition) is 1. The zero-order chi connectivity index (χ0) is 13.1. The van der Waals surface area contributed by atoms with Gasteiger partial charge in [-0.3, -0.25) is 4.90 Å². The van der Waals surface area contributed by atoms with E-state index < -0.39 is 5.82 Å². The van der Waals surface area contributed by atoms with Crippen LogP contribution in [0.5, 0.6) is 0 Å². The van der Waals surface area contributed by atoms with Crippen molar-refractivity contribution in [2.45, 2.75) is 25.6 Å². The zero-order valence-corrected chi connectivity index (χ0v) is 11.0. The summed E-state index contributed by atoms with van der Waals surface area (Å²) in [5.41, 5.74) is 0.877. The number of benzene rings is 1. The van der Waals surface area contributed by atoms with E-state index in [0.717, 1.165) is 5.56 Å². The Kier molecular flexibility index (Phi) is 4.56. The summed E-state index contributed by atoms with van der Waals surface area (Å²) in [4.78, 5) is 2.17.